The van der Waals surface area contributed by atoms with Gasteiger partial charge in [0.2, 0.25) is 5.91 Å². The van der Waals surface area contributed by atoms with Crippen LogP contribution in [0.15, 0.2) is 24.3 Å². The van der Waals surface area contributed by atoms with Crippen LogP contribution in [0.5, 0.6) is 0 Å². The number of rotatable bonds is 4. The molecule has 0 aliphatic carbocycles. The van der Waals surface area contributed by atoms with Crippen molar-refractivity contribution in [2.24, 2.45) is 0 Å². The first-order chi connectivity index (χ1) is 8.44. The van der Waals surface area contributed by atoms with Crippen molar-refractivity contribution < 1.29 is 4.79 Å². The second-order valence-electron chi connectivity index (χ2n) is 5.52. The second kappa shape index (κ2) is 5.04. The summed E-state index contributed by atoms with van der Waals surface area (Å²) in [6, 6.07) is 8.14. The molecule has 0 aromatic heterocycles. The molecule has 1 atom stereocenters. The lowest BCUT2D eigenvalue weighted by Crippen LogP contribution is -2.36. The molecule has 0 saturated heterocycles. The molecule has 1 aliphatic heterocycles. The van der Waals surface area contributed by atoms with E-state index >= 15 is 0 Å². The minimum atomic E-state index is -0.378. The van der Waals surface area contributed by atoms with Gasteiger partial charge in [-0.15, -0.1) is 0 Å². The van der Waals surface area contributed by atoms with Crippen LogP contribution < -0.4 is 4.90 Å². The molecule has 2 rings (SSSR count). The van der Waals surface area contributed by atoms with Crippen LogP contribution in [0.1, 0.15) is 39.2 Å². The van der Waals surface area contributed by atoms with Gasteiger partial charge < -0.3 is 4.90 Å². The van der Waals surface area contributed by atoms with Crippen molar-refractivity contribution in [3.63, 3.8) is 0 Å². The van der Waals surface area contributed by atoms with Gasteiger partial charge in [0.25, 0.3) is 0 Å². The lowest BCUT2D eigenvalue weighted by atomic mass is 9.86. The summed E-state index contributed by atoms with van der Waals surface area (Å²) >= 11 is 3.55. The van der Waals surface area contributed by atoms with Gasteiger partial charge >= 0.3 is 0 Å². The van der Waals surface area contributed by atoms with Crippen LogP contribution in [-0.2, 0) is 10.2 Å². The third-order valence-electron chi connectivity index (χ3n) is 3.63. The van der Waals surface area contributed by atoms with Gasteiger partial charge in [-0.25, -0.2) is 0 Å². The number of halogens is 1. The predicted molar refractivity (Wildman–Crippen MR) is 79.4 cm³/mol. The quantitative estimate of drug-likeness (QED) is 0.773. The van der Waals surface area contributed by atoms with Crippen molar-refractivity contribution in [1.29, 1.82) is 0 Å². The smallest absolute Gasteiger partial charge is 0.237 e. The molecular formula is C15H20BrNO. The Bertz CT molecular complexity index is 454. The van der Waals surface area contributed by atoms with Crippen LogP contribution in [0, 0.1) is 0 Å². The number of carbonyl (C=O) groups is 1. The molecule has 0 fully saturated rings. The van der Waals surface area contributed by atoms with Gasteiger partial charge in [-0.1, -0.05) is 41.1 Å². The molecule has 2 nitrogen and oxygen atoms in total. The zero-order chi connectivity index (χ0) is 13.3. The molecule has 98 valence electrons. The number of hydrogen-bond acceptors (Lipinski definition) is 1. The average molecular weight is 310 g/mol. The largest absolute Gasteiger partial charge is 0.311 e. The monoisotopic (exact) mass is 309 g/mol. The number of alkyl halides is 1. The first-order valence-corrected chi connectivity index (χ1v) is 7.41. The van der Waals surface area contributed by atoms with Crippen molar-refractivity contribution in [2.45, 2.75) is 43.9 Å². The Morgan fingerprint density at radius 2 is 2.00 bits per heavy atom. The topological polar surface area (TPSA) is 20.3 Å². The number of para-hydroxylation sites is 1. The Morgan fingerprint density at radius 3 is 2.67 bits per heavy atom. The summed E-state index contributed by atoms with van der Waals surface area (Å²) < 4.78 is 0. The SMILES string of the molecule is CC(Br)CCCN1C(=O)C(C)(C)c2ccccc21. The van der Waals surface area contributed by atoms with Crippen molar-refractivity contribution in [2.75, 3.05) is 11.4 Å². The van der Waals surface area contributed by atoms with Crippen LogP contribution in [0.3, 0.4) is 0 Å². The zero-order valence-electron chi connectivity index (χ0n) is 11.2. The molecule has 1 amide bonds. The summed E-state index contributed by atoms with van der Waals surface area (Å²) in [5.41, 5.74) is 1.87. The molecule has 1 heterocycles. The summed E-state index contributed by atoms with van der Waals surface area (Å²) in [7, 11) is 0. The lowest BCUT2D eigenvalue weighted by molar-refractivity contribution is -0.122. The highest BCUT2D eigenvalue weighted by Crippen LogP contribution is 2.41. The molecule has 0 saturated carbocycles. The van der Waals surface area contributed by atoms with Gasteiger partial charge in [-0.2, -0.15) is 0 Å². The maximum Gasteiger partial charge on any atom is 0.237 e. The molecule has 1 unspecified atom stereocenters. The summed E-state index contributed by atoms with van der Waals surface area (Å²) in [5, 5.41) is 0. The minimum Gasteiger partial charge on any atom is -0.311 e. The van der Waals surface area contributed by atoms with E-state index in [4.69, 9.17) is 0 Å². The fourth-order valence-electron chi connectivity index (χ4n) is 2.55. The molecule has 1 aromatic carbocycles. The number of fused-ring (bicyclic) bond motifs is 1. The lowest BCUT2D eigenvalue weighted by Gasteiger charge is -2.20. The van der Waals surface area contributed by atoms with E-state index < -0.39 is 0 Å². The van der Waals surface area contributed by atoms with Gasteiger partial charge in [0.05, 0.1) is 5.41 Å². The van der Waals surface area contributed by atoms with Crippen molar-refractivity contribution >= 4 is 27.5 Å². The molecule has 0 spiro atoms. The van der Waals surface area contributed by atoms with Gasteiger partial charge in [0, 0.05) is 17.1 Å². The average Bonchev–Trinajstić information content (AvgIpc) is 2.51. The van der Waals surface area contributed by atoms with E-state index in [1.54, 1.807) is 0 Å². The highest BCUT2D eigenvalue weighted by molar-refractivity contribution is 9.09. The highest BCUT2D eigenvalue weighted by atomic mass is 79.9. The Balaban J connectivity index is 2.20. The third-order valence-corrected chi connectivity index (χ3v) is 4.09. The number of anilines is 1. The van der Waals surface area contributed by atoms with Crippen molar-refractivity contribution in [3.8, 4) is 0 Å². The first-order valence-electron chi connectivity index (χ1n) is 6.50. The number of benzene rings is 1. The van der Waals surface area contributed by atoms with Gasteiger partial charge in [-0.05, 0) is 38.3 Å². The van der Waals surface area contributed by atoms with Gasteiger partial charge in [0.1, 0.15) is 0 Å². The van der Waals surface area contributed by atoms with E-state index in [0.717, 1.165) is 30.6 Å². The van der Waals surface area contributed by atoms with E-state index in [-0.39, 0.29) is 11.3 Å². The summed E-state index contributed by atoms with van der Waals surface area (Å²) in [6.07, 6.45) is 2.12. The van der Waals surface area contributed by atoms with E-state index in [9.17, 15) is 4.79 Å². The second-order valence-corrected chi connectivity index (χ2v) is 7.09. The molecule has 1 aliphatic rings. The molecule has 1 aromatic rings. The van der Waals surface area contributed by atoms with Crippen LogP contribution in [0.2, 0.25) is 0 Å². The first kappa shape index (κ1) is 13.6. The number of amides is 1. The van der Waals surface area contributed by atoms with Crippen molar-refractivity contribution in [3.05, 3.63) is 29.8 Å². The molecular weight excluding hydrogens is 290 g/mol. The molecule has 18 heavy (non-hydrogen) atoms. The maximum atomic E-state index is 12.5. The van der Waals surface area contributed by atoms with Gasteiger partial charge in [-0.3, -0.25) is 4.79 Å². The molecule has 3 heteroatoms. The standard InChI is InChI=1S/C15H20BrNO/c1-11(16)7-6-10-17-13-9-5-4-8-12(13)15(2,3)14(17)18/h4-5,8-9,11H,6-7,10H2,1-3H3. The highest BCUT2D eigenvalue weighted by Gasteiger charge is 2.43. The number of carbonyl (C=O) groups excluding carboxylic acids is 1. The summed E-state index contributed by atoms with van der Waals surface area (Å²) in [5.74, 6) is 0.228. The number of nitrogens with zero attached hydrogens (tertiary/aromatic N) is 1. The predicted octanol–water partition coefficient (Wildman–Crippen LogP) is 3.87. The normalized spacial score (nSPS) is 18.9. The Morgan fingerprint density at radius 1 is 1.33 bits per heavy atom. The molecule has 0 bridgehead atoms. The zero-order valence-corrected chi connectivity index (χ0v) is 12.8. The minimum absolute atomic E-state index is 0.228. The number of hydrogen-bond donors (Lipinski definition) is 0. The fraction of sp³-hybridized carbons (Fsp3) is 0.533. The maximum absolute atomic E-state index is 12.5. The van der Waals surface area contributed by atoms with Crippen LogP contribution in [0.4, 0.5) is 5.69 Å². The van der Waals surface area contributed by atoms with Gasteiger partial charge in [0.15, 0.2) is 0 Å². The Hall–Kier alpha value is -0.830. The van der Waals surface area contributed by atoms with Crippen molar-refractivity contribution in [1.82, 2.24) is 0 Å². The molecule has 0 N–H and O–H groups in total. The fourth-order valence-corrected chi connectivity index (χ4v) is 2.88. The van der Waals surface area contributed by atoms with E-state index in [2.05, 4.69) is 35.0 Å². The summed E-state index contributed by atoms with van der Waals surface area (Å²) in [6.45, 7) is 6.99. The van der Waals surface area contributed by atoms with E-state index in [1.807, 2.05) is 30.9 Å². The Labute approximate surface area is 117 Å². The van der Waals surface area contributed by atoms with Crippen LogP contribution in [-0.4, -0.2) is 17.3 Å². The van der Waals surface area contributed by atoms with Crippen LogP contribution in [0.25, 0.3) is 0 Å². The summed E-state index contributed by atoms with van der Waals surface area (Å²) in [4.78, 5) is 14.9. The third kappa shape index (κ3) is 2.33. The van der Waals surface area contributed by atoms with E-state index in [0.29, 0.717) is 4.83 Å². The van der Waals surface area contributed by atoms with E-state index in [1.165, 1.54) is 0 Å². The Kier molecular flexibility index (Phi) is 3.81. The molecule has 0 radical (unpaired) electrons. The van der Waals surface area contributed by atoms with Crippen LogP contribution >= 0.6 is 15.9 Å².